The van der Waals surface area contributed by atoms with E-state index >= 15 is 0 Å². The summed E-state index contributed by atoms with van der Waals surface area (Å²) in [5, 5.41) is 11.5. The van der Waals surface area contributed by atoms with Crippen LogP contribution in [-0.2, 0) is 9.53 Å². The van der Waals surface area contributed by atoms with Gasteiger partial charge in [-0.25, -0.2) is 4.79 Å². The van der Waals surface area contributed by atoms with Crippen molar-refractivity contribution < 1.29 is 14.3 Å². The first kappa shape index (κ1) is 24.9. The highest BCUT2D eigenvalue weighted by Gasteiger charge is 2.23. The summed E-state index contributed by atoms with van der Waals surface area (Å²) >= 11 is 0. The SMILES string of the molecule is CC(C)CC(C(=O)NCC#N)c1cccc(-c2ccc(N(C)C(=O)OC(C)(C)C)cc2)c1. The van der Waals surface area contributed by atoms with Crippen LogP contribution in [0.3, 0.4) is 0 Å². The Morgan fingerprint density at radius 1 is 1.09 bits per heavy atom. The number of anilines is 1. The molecule has 32 heavy (non-hydrogen) atoms. The van der Waals surface area contributed by atoms with E-state index in [-0.39, 0.29) is 18.4 Å². The zero-order chi connectivity index (χ0) is 23.9. The molecule has 2 rings (SSSR count). The molecule has 2 amide bonds. The van der Waals surface area contributed by atoms with Crippen LogP contribution in [0.15, 0.2) is 48.5 Å². The number of carbonyl (C=O) groups is 2. The van der Waals surface area contributed by atoms with Crippen molar-refractivity contribution in [3.8, 4) is 17.2 Å². The predicted octanol–water partition coefficient (Wildman–Crippen LogP) is 5.49. The van der Waals surface area contributed by atoms with Gasteiger partial charge in [0.15, 0.2) is 0 Å². The Morgan fingerprint density at radius 3 is 2.31 bits per heavy atom. The van der Waals surface area contributed by atoms with Gasteiger partial charge in [-0.15, -0.1) is 0 Å². The second-order valence-corrected chi connectivity index (χ2v) is 9.27. The Hall–Kier alpha value is -3.33. The number of hydrogen-bond acceptors (Lipinski definition) is 4. The van der Waals surface area contributed by atoms with Gasteiger partial charge in [0.1, 0.15) is 12.1 Å². The van der Waals surface area contributed by atoms with Gasteiger partial charge in [-0.3, -0.25) is 9.69 Å². The summed E-state index contributed by atoms with van der Waals surface area (Å²) in [6.07, 6.45) is 0.285. The molecule has 0 saturated carbocycles. The predicted molar refractivity (Wildman–Crippen MR) is 127 cm³/mol. The van der Waals surface area contributed by atoms with Gasteiger partial charge >= 0.3 is 6.09 Å². The highest BCUT2D eigenvalue weighted by molar-refractivity contribution is 5.88. The van der Waals surface area contributed by atoms with Crippen LogP contribution in [0, 0.1) is 17.2 Å². The van der Waals surface area contributed by atoms with E-state index in [0.717, 1.165) is 22.4 Å². The van der Waals surface area contributed by atoms with Crippen LogP contribution in [0.5, 0.6) is 0 Å². The molecule has 2 aromatic carbocycles. The molecule has 0 fully saturated rings. The molecule has 2 aromatic rings. The van der Waals surface area contributed by atoms with Crippen molar-refractivity contribution in [3.63, 3.8) is 0 Å². The second kappa shape index (κ2) is 10.8. The monoisotopic (exact) mass is 435 g/mol. The molecule has 1 unspecified atom stereocenters. The summed E-state index contributed by atoms with van der Waals surface area (Å²) in [5.41, 5.74) is 3.05. The summed E-state index contributed by atoms with van der Waals surface area (Å²) in [4.78, 5) is 26.4. The molecule has 170 valence electrons. The number of benzene rings is 2. The van der Waals surface area contributed by atoms with E-state index in [4.69, 9.17) is 10.00 Å². The molecule has 6 heteroatoms. The van der Waals surface area contributed by atoms with Crippen LogP contribution in [-0.4, -0.2) is 31.2 Å². The van der Waals surface area contributed by atoms with Gasteiger partial charge in [0, 0.05) is 12.7 Å². The van der Waals surface area contributed by atoms with Crippen LogP contribution in [0.2, 0.25) is 0 Å². The van der Waals surface area contributed by atoms with Gasteiger partial charge in [0.05, 0.1) is 12.0 Å². The summed E-state index contributed by atoms with van der Waals surface area (Å²) in [6.45, 7) is 9.66. The molecular weight excluding hydrogens is 402 g/mol. The highest BCUT2D eigenvalue weighted by atomic mass is 16.6. The maximum absolute atomic E-state index is 12.7. The Kier molecular flexibility index (Phi) is 8.42. The lowest BCUT2D eigenvalue weighted by Crippen LogP contribution is -2.34. The Balaban J connectivity index is 2.26. The number of rotatable bonds is 7. The lowest BCUT2D eigenvalue weighted by atomic mass is 9.88. The molecule has 0 aliphatic rings. The van der Waals surface area contributed by atoms with E-state index in [2.05, 4.69) is 19.2 Å². The lowest BCUT2D eigenvalue weighted by Gasteiger charge is -2.24. The van der Waals surface area contributed by atoms with Crippen LogP contribution in [0.1, 0.15) is 52.5 Å². The van der Waals surface area contributed by atoms with Gasteiger partial charge in [0.25, 0.3) is 0 Å². The molecule has 6 nitrogen and oxygen atoms in total. The van der Waals surface area contributed by atoms with E-state index in [1.165, 1.54) is 4.90 Å². The molecule has 0 aromatic heterocycles. The minimum absolute atomic E-state index is 0.000251. The molecule has 0 spiro atoms. The fraction of sp³-hybridized carbons (Fsp3) is 0.423. The van der Waals surface area contributed by atoms with Gasteiger partial charge in [-0.2, -0.15) is 5.26 Å². The van der Waals surface area contributed by atoms with Crippen LogP contribution < -0.4 is 10.2 Å². The van der Waals surface area contributed by atoms with Crippen LogP contribution >= 0.6 is 0 Å². The first-order chi connectivity index (χ1) is 15.0. The van der Waals surface area contributed by atoms with Crippen LogP contribution in [0.25, 0.3) is 11.1 Å². The number of nitrogens with zero attached hydrogens (tertiary/aromatic N) is 2. The first-order valence-corrected chi connectivity index (χ1v) is 10.8. The maximum Gasteiger partial charge on any atom is 0.414 e. The first-order valence-electron chi connectivity index (χ1n) is 10.8. The van der Waals surface area contributed by atoms with Crippen molar-refractivity contribution >= 4 is 17.7 Å². The third-order valence-corrected chi connectivity index (χ3v) is 4.91. The van der Waals surface area contributed by atoms with E-state index in [0.29, 0.717) is 12.3 Å². The number of nitrogens with one attached hydrogen (secondary N) is 1. The topological polar surface area (TPSA) is 82.4 Å². The summed E-state index contributed by atoms with van der Waals surface area (Å²) in [5.74, 6) is -0.119. The largest absolute Gasteiger partial charge is 0.443 e. The van der Waals surface area contributed by atoms with Crippen molar-refractivity contribution in [2.24, 2.45) is 5.92 Å². The molecule has 0 saturated heterocycles. The molecule has 0 radical (unpaired) electrons. The zero-order valence-corrected chi connectivity index (χ0v) is 19.8. The molecule has 0 bridgehead atoms. The van der Waals surface area contributed by atoms with E-state index in [1.807, 2.05) is 75.4 Å². The van der Waals surface area contributed by atoms with E-state index < -0.39 is 11.7 Å². The number of carbonyl (C=O) groups excluding carboxylic acids is 2. The fourth-order valence-corrected chi connectivity index (χ4v) is 3.36. The zero-order valence-electron chi connectivity index (χ0n) is 19.8. The molecule has 1 atom stereocenters. The van der Waals surface area contributed by atoms with Crippen molar-refractivity contribution in [2.45, 2.75) is 52.6 Å². The quantitative estimate of drug-likeness (QED) is 0.583. The molecule has 1 N–H and O–H groups in total. The molecule has 0 aliphatic carbocycles. The third-order valence-electron chi connectivity index (χ3n) is 4.91. The Morgan fingerprint density at radius 2 is 1.75 bits per heavy atom. The maximum atomic E-state index is 12.7. The molecule has 0 heterocycles. The number of nitriles is 1. The van der Waals surface area contributed by atoms with Gasteiger partial charge in [-0.05, 0) is 61.9 Å². The van der Waals surface area contributed by atoms with Crippen molar-refractivity contribution in [3.05, 3.63) is 54.1 Å². The average Bonchev–Trinajstić information content (AvgIpc) is 2.74. The Bertz CT molecular complexity index is 969. The van der Waals surface area contributed by atoms with Crippen LogP contribution in [0.4, 0.5) is 10.5 Å². The van der Waals surface area contributed by atoms with Gasteiger partial charge < -0.3 is 10.1 Å². The molecular formula is C26H33N3O3. The highest BCUT2D eigenvalue weighted by Crippen LogP contribution is 2.29. The van der Waals surface area contributed by atoms with Crippen molar-refractivity contribution in [2.75, 3.05) is 18.5 Å². The minimum atomic E-state index is -0.558. The smallest absolute Gasteiger partial charge is 0.414 e. The third kappa shape index (κ3) is 7.12. The molecule has 0 aliphatic heterocycles. The summed E-state index contributed by atoms with van der Waals surface area (Å²) in [7, 11) is 1.68. The Labute approximate surface area is 191 Å². The van der Waals surface area contributed by atoms with E-state index in [1.54, 1.807) is 7.05 Å². The second-order valence-electron chi connectivity index (χ2n) is 9.27. The average molecular weight is 436 g/mol. The normalized spacial score (nSPS) is 12.1. The summed E-state index contributed by atoms with van der Waals surface area (Å²) < 4.78 is 5.42. The van der Waals surface area contributed by atoms with Crippen molar-refractivity contribution in [1.82, 2.24) is 5.32 Å². The minimum Gasteiger partial charge on any atom is -0.443 e. The van der Waals surface area contributed by atoms with Crippen molar-refractivity contribution in [1.29, 1.82) is 5.26 Å². The number of ether oxygens (including phenoxy) is 1. The van der Waals surface area contributed by atoms with Gasteiger partial charge in [0.2, 0.25) is 5.91 Å². The standard InChI is InChI=1S/C26H33N3O3/c1-18(2)16-23(24(30)28-15-14-27)21-9-7-8-20(17-21)19-10-12-22(13-11-19)29(6)25(31)32-26(3,4)5/h7-13,17-18,23H,15-16H2,1-6H3,(H,28,30). The summed E-state index contributed by atoms with van der Waals surface area (Å²) in [6, 6.07) is 17.5. The lowest BCUT2D eigenvalue weighted by molar-refractivity contribution is -0.122. The number of hydrogen-bond donors (Lipinski definition) is 1. The fourth-order valence-electron chi connectivity index (χ4n) is 3.36. The number of amides is 2. The van der Waals surface area contributed by atoms with E-state index in [9.17, 15) is 9.59 Å². The van der Waals surface area contributed by atoms with Gasteiger partial charge in [-0.1, -0.05) is 50.2 Å².